The number of likely N-dealkylation sites (tertiary alicyclic amines) is 1. The quantitative estimate of drug-likeness (QED) is 0.601. The first-order valence-corrected chi connectivity index (χ1v) is 10.8. The lowest BCUT2D eigenvalue weighted by Crippen LogP contribution is -2.41. The third-order valence-corrected chi connectivity index (χ3v) is 5.89. The molecule has 1 N–H and O–H groups in total. The molecule has 0 atom stereocenters. The standard InChI is InChI=1S/C25H26FN3O3/c26-20-5-6-21(22(30)16-20)25-23(2-1-11-28-25)32-17-24(31)29-14-9-19(10-15-29)4-3-18-7-12-27-13-8-18/h1-2,5-8,11-13,16,19,30H,3-4,9-10,14-15,17H2. The van der Waals surface area contributed by atoms with Crippen molar-refractivity contribution in [1.29, 1.82) is 0 Å². The number of carbonyl (C=O) groups excluding carboxylic acids is 1. The average molecular weight is 435 g/mol. The second kappa shape index (κ2) is 10.2. The van der Waals surface area contributed by atoms with E-state index in [0.717, 1.165) is 44.8 Å². The molecule has 7 heteroatoms. The normalized spacial score (nSPS) is 14.3. The maximum absolute atomic E-state index is 13.3. The van der Waals surface area contributed by atoms with Crippen molar-refractivity contribution in [2.75, 3.05) is 19.7 Å². The molecular weight excluding hydrogens is 409 g/mol. The molecule has 1 aromatic carbocycles. The Kier molecular flexibility index (Phi) is 6.94. The molecule has 1 aliphatic rings. The Labute approximate surface area is 186 Å². The van der Waals surface area contributed by atoms with Gasteiger partial charge in [-0.15, -0.1) is 0 Å². The minimum Gasteiger partial charge on any atom is -0.507 e. The van der Waals surface area contributed by atoms with E-state index in [4.69, 9.17) is 4.74 Å². The van der Waals surface area contributed by atoms with Crippen molar-refractivity contribution in [3.63, 3.8) is 0 Å². The fourth-order valence-electron chi connectivity index (χ4n) is 4.04. The number of aromatic nitrogens is 2. The van der Waals surface area contributed by atoms with Crippen molar-refractivity contribution in [3.8, 4) is 22.8 Å². The average Bonchev–Trinajstić information content (AvgIpc) is 2.82. The molecule has 0 bridgehead atoms. The van der Waals surface area contributed by atoms with Gasteiger partial charge in [-0.05, 0) is 73.6 Å². The molecule has 6 nitrogen and oxygen atoms in total. The van der Waals surface area contributed by atoms with Crippen LogP contribution in [0.15, 0.2) is 61.1 Å². The van der Waals surface area contributed by atoms with Gasteiger partial charge in [-0.25, -0.2) is 4.39 Å². The zero-order valence-corrected chi connectivity index (χ0v) is 17.8. The van der Waals surface area contributed by atoms with Crippen LogP contribution in [-0.4, -0.2) is 45.6 Å². The van der Waals surface area contributed by atoms with E-state index in [9.17, 15) is 14.3 Å². The van der Waals surface area contributed by atoms with Gasteiger partial charge in [0, 0.05) is 43.3 Å². The minimum absolute atomic E-state index is 0.0734. The number of nitrogens with zero attached hydrogens (tertiary/aromatic N) is 3. The van der Waals surface area contributed by atoms with Gasteiger partial charge < -0.3 is 14.7 Å². The van der Waals surface area contributed by atoms with Crippen molar-refractivity contribution in [3.05, 3.63) is 72.4 Å². The largest absolute Gasteiger partial charge is 0.507 e. The predicted molar refractivity (Wildman–Crippen MR) is 119 cm³/mol. The highest BCUT2D eigenvalue weighted by molar-refractivity contribution is 5.78. The number of phenolic OH excluding ortho intramolecular Hbond substituents is 1. The number of halogens is 1. The highest BCUT2D eigenvalue weighted by Crippen LogP contribution is 2.34. The Balaban J connectivity index is 1.29. The summed E-state index contributed by atoms with van der Waals surface area (Å²) in [6.07, 6.45) is 9.32. The Bertz CT molecular complexity index is 1050. The van der Waals surface area contributed by atoms with Crippen LogP contribution in [0.3, 0.4) is 0 Å². The molecule has 1 fully saturated rings. The number of hydrogen-bond donors (Lipinski definition) is 1. The molecular formula is C25H26FN3O3. The number of amides is 1. The summed E-state index contributed by atoms with van der Waals surface area (Å²) in [6, 6.07) is 11.2. The maximum Gasteiger partial charge on any atom is 0.260 e. The Morgan fingerprint density at radius 1 is 1.12 bits per heavy atom. The molecule has 4 rings (SSSR count). The first-order chi connectivity index (χ1) is 15.6. The van der Waals surface area contributed by atoms with E-state index in [-0.39, 0.29) is 18.3 Å². The summed E-state index contributed by atoms with van der Waals surface area (Å²) < 4.78 is 19.1. The van der Waals surface area contributed by atoms with Gasteiger partial charge in [0.25, 0.3) is 5.91 Å². The number of rotatable bonds is 7. The fraction of sp³-hybridized carbons (Fsp3) is 0.320. The number of pyridine rings is 2. The molecule has 3 aromatic rings. The number of ether oxygens (including phenoxy) is 1. The number of piperidine rings is 1. The van der Waals surface area contributed by atoms with Crippen LogP contribution < -0.4 is 4.74 Å². The lowest BCUT2D eigenvalue weighted by Gasteiger charge is -2.32. The van der Waals surface area contributed by atoms with Crippen molar-refractivity contribution < 1.29 is 19.0 Å². The van der Waals surface area contributed by atoms with E-state index in [0.29, 0.717) is 22.9 Å². The molecule has 3 heterocycles. The summed E-state index contributed by atoms with van der Waals surface area (Å²) in [5, 5.41) is 10.1. The van der Waals surface area contributed by atoms with Crippen LogP contribution >= 0.6 is 0 Å². The molecule has 1 saturated heterocycles. The lowest BCUT2D eigenvalue weighted by atomic mass is 9.91. The van der Waals surface area contributed by atoms with Crippen LogP contribution in [0.25, 0.3) is 11.3 Å². The molecule has 166 valence electrons. The van der Waals surface area contributed by atoms with Gasteiger partial charge in [-0.1, -0.05) is 0 Å². The molecule has 0 radical (unpaired) electrons. The number of benzene rings is 1. The van der Waals surface area contributed by atoms with E-state index in [1.165, 1.54) is 17.7 Å². The predicted octanol–water partition coefficient (Wildman–Crippen LogP) is 4.24. The van der Waals surface area contributed by atoms with E-state index >= 15 is 0 Å². The van der Waals surface area contributed by atoms with Crippen LogP contribution in [0, 0.1) is 11.7 Å². The van der Waals surface area contributed by atoms with Crippen LogP contribution in [0.4, 0.5) is 4.39 Å². The third-order valence-electron chi connectivity index (χ3n) is 5.89. The molecule has 1 aliphatic heterocycles. The van der Waals surface area contributed by atoms with E-state index in [1.807, 2.05) is 29.4 Å². The number of hydrogen-bond acceptors (Lipinski definition) is 5. The molecule has 0 saturated carbocycles. The molecule has 2 aromatic heterocycles. The van der Waals surface area contributed by atoms with E-state index in [1.54, 1.807) is 18.3 Å². The topological polar surface area (TPSA) is 75.6 Å². The minimum atomic E-state index is -0.538. The highest BCUT2D eigenvalue weighted by atomic mass is 19.1. The summed E-state index contributed by atoms with van der Waals surface area (Å²) in [5.74, 6) is 0.142. The van der Waals surface area contributed by atoms with Gasteiger partial charge in [0.2, 0.25) is 0 Å². The Morgan fingerprint density at radius 3 is 2.66 bits per heavy atom. The van der Waals surface area contributed by atoms with Gasteiger partial charge in [-0.2, -0.15) is 0 Å². The summed E-state index contributed by atoms with van der Waals surface area (Å²) in [7, 11) is 0. The molecule has 0 aliphatic carbocycles. The Hall–Kier alpha value is -3.48. The van der Waals surface area contributed by atoms with Crippen LogP contribution in [0.2, 0.25) is 0 Å². The molecule has 32 heavy (non-hydrogen) atoms. The van der Waals surface area contributed by atoms with Crippen molar-refractivity contribution >= 4 is 5.91 Å². The van der Waals surface area contributed by atoms with Crippen molar-refractivity contribution in [2.24, 2.45) is 5.92 Å². The lowest BCUT2D eigenvalue weighted by molar-refractivity contribution is -0.134. The van der Waals surface area contributed by atoms with E-state index < -0.39 is 5.82 Å². The zero-order chi connectivity index (χ0) is 22.3. The maximum atomic E-state index is 13.3. The smallest absolute Gasteiger partial charge is 0.260 e. The second-order valence-electron chi connectivity index (χ2n) is 8.02. The van der Waals surface area contributed by atoms with Crippen molar-refractivity contribution in [2.45, 2.75) is 25.7 Å². The first-order valence-electron chi connectivity index (χ1n) is 10.8. The van der Waals surface area contributed by atoms with Gasteiger partial charge in [0.1, 0.15) is 23.0 Å². The van der Waals surface area contributed by atoms with Gasteiger partial charge in [-0.3, -0.25) is 14.8 Å². The summed E-state index contributed by atoms with van der Waals surface area (Å²) in [5.41, 5.74) is 2.02. The van der Waals surface area contributed by atoms with Crippen LogP contribution in [-0.2, 0) is 11.2 Å². The van der Waals surface area contributed by atoms with Crippen LogP contribution in [0.1, 0.15) is 24.8 Å². The summed E-state index contributed by atoms with van der Waals surface area (Å²) in [4.78, 5) is 22.8. The number of aryl methyl sites for hydroxylation is 1. The number of carbonyl (C=O) groups is 1. The third kappa shape index (κ3) is 5.41. The highest BCUT2D eigenvalue weighted by Gasteiger charge is 2.23. The van der Waals surface area contributed by atoms with E-state index in [2.05, 4.69) is 9.97 Å². The zero-order valence-electron chi connectivity index (χ0n) is 17.8. The fourth-order valence-corrected chi connectivity index (χ4v) is 4.04. The van der Waals surface area contributed by atoms with Gasteiger partial charge in [0.05, 0.1) is 0 Å². The Morgan fingerprint density at radius 2 is 1.91 bits per heavy atom. The SMILES string of the molecule is O=C(COc1cccnc1-c1ccc(F)cc1O)N1CCC(CCc2ccncc2)CC1. The van der Waals surface area contributed by atoms with Crippen molar-refractivity contribution in [1.82, 2.24) is 14.9 Å². The summed E-state index contributed by atoms with van der Waals surface area (Å²) >= 11 is 0. The first kappa shape index (κ1) is 21.7. The second-order valence-corrected chi connectivity index (χ2v) is 8.02. The van der Waals surface area contributed by atoms with Gasteiger partial charge >= 0.3 is 0 Å². The molecule has 0 unspecified atom stereocenters. The molecule has 1 amide bonds. The molecule has 0 spiro atoms. The number of phenols is 1. The monoisotopic (exact) mass is 435 g/mol. The van der Waals surface area contributed by atoms with Gasteiger partial charge in [0.15, 0.2) is 6.61 Å². The summed E-state index contributed by atoms with van der Waals surface area (Å²) in [6.45, 7) is 1.34. The number of aromatic hydroxyl groups is 1. The van der Waals surface area contributed by atoms with Crippen LogP contribution in [0.5, 0.6) is 11.5 Å².